The predicted octanol–water partition coefficient (Wildman–Crippen LogP) is 4.58. The van der Waals surface area contributed by atoms with E-state index in [-0.39, 0.29) is 12.1 Å². The van der Waals surface area contributed by atoms with Gasteiger partial charge in [-0.1, -0.05) is 48.5 Å². The lowest BCUT2D eigenvalue weighted by atomic mass is 10.0. The van der Waals surface area contributed by atoms with Crippen LogP contribution >= 0.6 is 0 Å². The molecule has 1 aliphatic carbocycles. The Morgan fingerprint density at radius 3 is 2.44 bits per heavy atom. The van der Waals surface area contributed by atoms with Gasteiger partial charge in [-0.25, -0.2) is 4.79 Å². The van der Waals surface area contributed by atoms with Crippen LogP contribution in [0.15, 0.2) is 54.6 Å². The van der Waals surface area contributed by atoms with Gasteiger partial charge < -0.3 is 15.1 Å². The maximum atomic E-state index is 12.9. The van der Waals surface area contributed by atoms with Gasteiger partial charge in [0.2, 0.25) is 0 Å². The summed E-state index contributed by atoms with van der Waals surface area (Å²) in [5.74, 6) is 0.571. The van der Waals surface area contributed by atoms with Crippen molar-refractivity contribution in [2.24, 2.45) is 5.92 Å². The van der Waals surface area contributed by atoms with Gasteiger partial charge in [-0.3, -0.25) is 0 Å². The number of carbonyl (C=O) groups is 1. The summed E-state index contributed by atoms with van der Waals surface area (Å²) >= 11 is 0. The van der Waals surface area contributed by atoms with Crippen molar-refractivity contribution < 1.29 is 4.79 Å². The zero-order valence-corrected chi connectivity index (χ0v) is 16.1. The van der Waals surface area contributed by atoms with Crippen LogP contribution in [0.3, 0.4) is 0 Å². The maximum Gasteiger partial charge on any atom is 0.317 e. The molecule has 0 bridgehead atoms. The van der Waals surface area contributed by atoms with Crippen LogP contribution in [0, 0.1) is 5.92 Å². The molecule has 2 amide bonds. The van der Waals surface area contributed by atoms with E-state index in [2.05, 4.69) is 46.6 Å². The number of nitrogens with one attached hydrogen (secondary N) is 1. The number of benzene rings is 2. The molecule has 27 heavy (non-hydrogen) atoms. The van der Waals surface area contributed by atoms with E-state index in [1.807, 2.05) is 30.1 Å². The van der Waals surface area contributed by atoms with Gasteiger partial charge >= 0.3 is 6.03 Å². The molecule has 4 rings (SSSR count). The van der Waals surface area contributed by atoms with Crippen LogP contribution in [0.25, 0.3) is 0 Å². The average Bonchev–Trinajstić information content (AvgIpc) is 3.40. The topological polar surface area (TPSA) is 35.6 Å². The molecule has 142 valence electrons. The van der Waals surface area contributed by atoms with Crippen LogP contribution in [0.5, 0.6) is 0 Å². The Balaban J connectivity index is 1.44. The molecular formula is C23H29N3O. The van der Waals surface area contributed by atoms with E-state index in [1.165, 1.54) is 42.5 Å². The van der Waals surface area contributed by atoms with E-state index in [1.54, 1.807) is 0 Å². The monoisotopic (exact) mass is 363 g/mol. The molecule has 4 nitrogen and oxygen atoms in total. The zero-order valence-electron chi connectivity index (χ0n) is 16.1. The Morgan fingerprint density at radius 1 is 1.07 bits per heavy atom. The van der Waals surface area contributed by atoms with Crippen LogP contribution in [0.4, 0.5) is 10.5 Å². The molecule has 2 aliphatic rings. The number of nitrogens with zero attached hydrogens (tertiary/aromatic N) is 2. The highest BCUT2D eigenvalue weighted by Gasteiger charge is 2.34. The SMILES string of the molecule is CN(Cc1ccccc1N1CCCC1)C(=O)NC(c1ccccc1)C1CC1. The highest BCUT2D eigenvalue weighted by Crippen LogP contribution is 2.41. The predicted molar refractivity (Wildman–Crippen MR) is 110 cm³/mol. The first-order chi connectivity index (χ1) is 13.2. The molecule has 0 spiro atoms. The van der Waals surface area contributed by atoms with Gasteiger partial charge in [0.1, 0.15) is 0 Å². The first-order valence-corrected chi connectivity index (χ1v) is 10.1. The van der Waals surface area contributed by atoms with Crippen molar-refractivity contribution in [3.05, 3.63) is 65.7 Å². The second-order valence-electron chi connectivity index (χ2n) is 7.85. The van der Waals surface area contributed by atoms with E-state index in [0.29, 0.717) is 12.5 Å². The van der Waals surface area contributed by atoms with Gasteiger partial charge in [0.15, 0.2) is 0 Å². The summed E-state index contributed by atoms with van der Waals surface area (Å²) < 4.78 is 0. The Hall–Kier alpha value is -2.49. The summed E-state index contributed by atoms with van der Waals surface area (Å²) in [6.45, 7) is 2.86. The fourth-order valence-corrected chi connectivity index (χ4v) is 4.04. The molecule has 1 aliphatic heterocycles. The van der Waals surface area contributed by atoms with Crippen LogP contribution in [0.1, 0.15) is 42.9 Å². The lowest BCUT2D eigenvalue weighted by Crippen LogP contribution is -2.40. The summed E-state index contributed by atoms with van der Waals surface area (Å²) in [5, 5.41) is 3.28. The number of rotatable bonds is 6. The lowest BCUT2D eigenvalue weighted by molar-refractivity contribution is 0.201. The third-order valence-electron chi connectivity index (χ3n) is 5.72. The first kappa shape index (κ1) is 17.9. The third-order valence-corrected chi connectivity index (χ3v) is 5.72. The summed E-state index contributed by atoms with van der Waals surface area (Å²) in [5.41, 5.74) is 3.70. The Labute approximate surface area is 162 Å². The molecule has 1 unspecified atom stereocenters. The van der Waals surface area contributed by atoms with Crippen molar-refractivity contribution >= 4 is 11.7 Å². The number of amides is 2. The van der Waals surface area contributed by atoms with Crippen molar-refractivity contribution in [3.63, 3.8) is 0 Å². The maximum absolute atomic E-state index is 12.9. The number of urea groups is 1. The van der Waals surface area contributed by atoms with E-state index in [0.717, 1.165) is 13.1 Å². The summed E-state index contributed by atoms with van der Waals surface area (Å²) in [4.78, 5) is 17.2. The summed E-state index contributed by atoms with van der Waals surface area (Å²) in [6.07, 6.45) is 4.90. The largest absolute Gasteiger partial charge is 0.371 e. The number of para-hydroxylation sites is 1. The Morgan fingerprint density at radius 2 is 1.74 bits per heavy atom. The van der Waals surface area contributed by atoms with Crippen LogP contribution in [0.2, 0.25) is 0 Å². The smallest absolute Gasteiger partial charge is 0.317 e. The number of hydrogen-bond donors (Lipinski definition) is 1. The van der Waals surface area contributed by atoms with Crippen molar-refractivity contribution in [1.29, 1.82) is 0 Å². The fraction of sp³-hybridized carbons (Fsp3) is 0.435. The van der Waals surface area contributed by atoms with E-state index < -0.39 is 0 Å². The van der Waals surface area contributed by atoms with Gasteiger partial charge in [-0.2, -0.15) is 0 Å². The minimum Gasteiger partial charge on any atom is -0.371 e. The quantitative estimate of drug-likeness (QED) is 0.815. The zero-order chi connectivity index (χ0) is 18.6. The molecule has 1 heterocycles. The van der Waals surface area contributed by atoms with Crippen molar-refractivity contribution in [2.75, 3.05) is 25.0 Å². The lowest BCUT2D eigenvalue weighted by Gasteiger charge is -2.26. The van der Waals surface area contributed by atoms with Crippen LogP contribution in [-0.2, 0) is 6.54 Å². The van der Waals surface area contributed by atoms with E-state index >= 15 is 0 Å². The van der Waals surface area contributed by atoms with E-state index in [9.17, 15) is 4.79 Å². The third kappa shape index (κ3) is 4.26. The van der Waals surface area contributed by atoms with Gasteiger partial charge in [0.05, 0.1) is 6.04 Å². The fourth-order valence-electron chi connectivity index (χ4n) is 4.04. The molecule has 2 fully saturated rings. The molecule has 1 N–H and O–H groups in total. The Bertz CT molecular complexity index is 766. The second-order valence-corrected chi connectivity index (χ2v) is 7.85. The van der Waals surface area contributed by atoms with Gasteiger partial charge in [-0.05, 0) is 48.8 Å². The average molecular weight is 364 g/mol. The number of carbonyl (C=O) groups excluding carboxylic acids is 1. The summed E-state index contributed by atoms with van der Waals surface area (Å²) in [7, 11) is 1.89. The molecular weight excluding hydrogens is 334 g/mol. The van der Waals surface area contributed by atoms with Crippen molar-refractivity contribution in [3.8, 4) is 0 Å². The second kappa shape index (κ2) is 8.03. The molecule has 2 aromatic carbocycles. The molecule has 1 saturated heterocycles. The molecule has 4 heteroatoms. The van der Waals surface area contributed by atoms with E-state index in [4.69, 9.17) is 0 Å². The molecule has 0 radical (unpaired) electrons. The highest BCUT2D eigenvalue weighted by atomic mass is 16.2. The van der Waals surface area contributed by atoms with Gasteiger partial charge in [0.25, 0.3) is 0 Å². The minimum atomic E-state index is 0.00646. The molecule has 2 aromatic rings. The first-order valence-electron chi connectivity index (χ1n) is 10.1. The molecule has 1 saturated carbocycles. The van der Waals surface area contributed by atoms with Crippen LogP contribution < -0.4 is 10.2 Å². The molecule has 0 aromatic heterocycles. The minimum absolute atomic E-state index is 0.00646. The standard InChI is InChI=1S/C23H29N3O/c1-25(17-20-11-5-6-12-21(20)26-15-7-8-16-26)23(27)24-22(19-13-14-19)18-9-3-2-4-10-18/h2-6,9-12,19,22H,7-8,13-17H2,1H3,(H,24,27). The Kier molecular flexibility index (Phi) is 5.33. The van der Waals surface area contributed by atoms with Gasteiger partial charge in [0, 0.05) is 32.4 Å². The normalized spacial score (nSPS) is 17.6. The van der Waals surface area contributed by atoms with Crippen LogP contribution in [-0.4, -0.2) is 31.1 Å². The van der Waals surface area contributed by atoms with Crippen molar-refractivity contribution in [1.82, 2.24) is 10.2 Å². The highest BCUT2D eigenvalue weighted by molar-refractivity contribution is 5.75. The summed E-state index contributed by atoms with van der Waals surface area (Å²) in [6, 6.07) is 19.0. The van der Waals surface area contributed by atoms with Crippen molar-refractivity contribution in [2.45, 2.75) is 38.3 Å². The number of anilines is 1. The number of hydrogen-bond acceptors (Lipinski definition) is 2. The molecule has 1 atom stereocenters. The van der Waals surface area contributed by atoms with Gasteiger partial charge in [-0.15, -0.1) is 0 Å².